The molecule has 0 saturated heterocycles. The monoisotopic (exact) mass is 207 g/mol. The molecule has 2 heterocycles. The van der Waals surface area contributed by atoms with Crippen LogP contribution in [0.4, 0.5) is 0 Å². The van der Waals surface area contributed by atoms with Gasteiger partial charge in [0.1, 0.15) is 0 Å². The van der Waals surface area contributed by atoms with Crippen molar-refractivity contribution >= 4 is 17.4 Å². The molecule has 0 aromatic carbocycles. The summed E-state index contributed by atoms with van der Waals surface area (Å²) >= 11 is 1.77. The Morgan fingerprint density at radius 3 is 3.14 bits per heavy atom. The number of thioether (sulfide) groups is 1. The van der Waals surface area contributed by atoms with Crippen LogP contribution in [0.25, 0.3) is 5.65 Å². The third kappa shape index (κ3) is 1.90. The highest BCUT2D eigenvalue weighted by Gasteiger charge is 2.03. The van der Waals surface area contributed by atoms with Crippen molar-refractivity contribution in [2.24, 2.45) is 0 Å². The molecule has 0 amide bonds. The highest BCUT2D eigenvalue weighted by Crippen LogP contribution is 2.17. The Morgan fingerprint density at radius 1 is 1.36 bits per heavy atom. The minimum Gasteiger partial charge on any atom is -0.277 e. The van der Waals surface area contributed by atoms with Gasteiger partial charge in [-0.05, 0) is 18.6 Å². The topological polar surface area (TPSA) is 30.2 Å². The maximum atomic E-state index is 4.14. The van der Waals surface area contributed by atoms with E-state index in [4.69, 9.17) is 0 Å². The Kier molecular flexibility index (Phi) is 3.03. The van der Waals surface area contributed by atoms with Crippen LogP contribution in [0.2, 0.25) is 0 Å². The van der Waals surface area contributed by atoms with E-state index in [1.165, 1.54) is 12.8 Å². The van der Waals surface area contributed by atoms with Gasteiger partial charge in [-0.2, -0.15) is 0 Å². The first-order valence-corrected chi connectivity index (χ1v) is 5.83. The zero-order chi connectivity index (χ0) is 9.80. The molecule has 0 N–H and O–H groups in total. The number of hydrogen-bond acceptors (Lipinski definition) is 3. The molecule has 0 unspecified atom stereocenters. The third-order valence-electron chi connectivity index (χ3n) is 2.01. The van der Waals surface area contributed by atoms with Gasteiger partial charge in [0.05, 0.1) is 0 Å². The fraction of sp³-hybridized carbons (Fsp3) is 0.400. The molecule has 4 heteroatoms. The van der Waals surface area contributed by atoms with Gasteiger partial charge in [0, 0.05) is 11.9 Å². The van der Waals surface area contributed by atoms with Gasteiger partial charge in [-0.25, -0.2) is 0 Å². The predicted molar refractivity (Wildman–Crippen MR) is 58.6 cm³/mol. The normalized spacial score (nSPS) is 10.9. The van der Waals surface area contributed by atoms with E-state index in [0.29, 0.717) is 0 Å². The average Bonchev–Trinajstić information content (AvgIpc) is 2.63. The van der Waals surface area contributed by atoms with Crippen LogP contribution in [0, 0.1) is 0 Å². The second-order valence-electron chi connectivity index (χ2n) is 3.11. The summed E-state index contributed by atoms with van der Waals surface area (Å²) in [6.07, 6.45) is 4.46. The highest BCUT2D eigenvalue weighted by atomic mass is 32.2. The number of unbranched alkanes of at least 4 members (excludes halogenated alkanes) is 1. The summed E-state index contributed by atoms with van der Waals surface area (Å²) < 4.78 is 2.03. The molecule has 0 atom stereocenters. The molecule has 2 aromatic heterocycles. The van der Waals surface area contributed by atoms with Crippen molar-refractivity contribution in [3.8, 4) is 0 Å². The van der Waals surface area contributed by atoms with Crippen molar-refractivity contribution in [3.05, 3.63) is 24.4 Å². The van der Waals surface area contributed by atoms with Crippen LogP contribution in [0.5, 0.6) is 0 Å². The number of rotatable bonds is 4. The summed E-state index contributed by atoms with van der Waals surface area (Å²) in [5, 5.41) is 9.23. The standard InChI is InChI=1S/C10H13N3S/c1-2-3-8-14-10-12-11-9-6-4-5-7-13(9)10/h4-7H,2-3,8H2,1H3. The Hall–Kier alpha value is -1.03. The van der Waals surface area contributed by atoms with Crippen LogP contribution in [0.15, 0.2) is 29.6 Å². The van der Waals surface area contributed by atoms with E-state index in [0.717, 1.165) is 16.6 Å². The van der Waals surface area contributed by atoms with Gasteiger partial charge in [-0.3, -0.25) is 4.40 Å². The fourth-order valence-electron chi connectivity index (χ4n) is 1.23. The molecule has 0 aliphatic rings. The molecule has 3 nitrogen and oxygen atoms in total. The molecule has 0 aliphatic carbocycles. The van der Waals surface area contributed by atoms with Gasteiger partial charge in [-0.15, -0.1) is 10.2 Å². The summed E-state index contributed by atoms with van der Waals surface area (Å²) in [5.74, 6) is 1.12. The Bertz CT molecular complexity index is 410. The minimum atomic E-state index is 0.923. The van der Waals surface area contributed by atoms with E-state index in [1.54, 1.807) is 11.8 Å². The Morgan fingerprint density at radius 2 is 2.29 bits per heavy atom. The van der Waals surface area contributed by atoms with Crippen LogP contribution in [0.3, 0.4) is 0 Å². The predicted octanol–water partition coefficient (Wildman–Crippen LogP) is 2.62. The largest absolute Gasteiger partial charge is 0.277 e. The van der Waals surface area contributed by atoms with E-state index in [1.807, 2.05) is 28.8 Å². The number of aromatic nitrogens is 3. The van der Waals surface area contributed by atoms with E-state index in [9.17, 15) is 0 Å². The van der Waals surface area contributed by atoms with Crippen LogP contribution < -0.4 is 0 Å². The zero-order valence-electron chi connectivity index (χ0n) is 8.18. The van der Waals surface area contributed by atoms with E-state index in [-0.39, 0.29) is 0 Å². The molecule has 0 spiro atoms. The molecule has 0 bridgehead atoms. The lowest BCUT2D eigenvalue weighted by atomic mass is 10.4. The van der Waals surface area contributed by atoms with Crippen LogP contribution in [-0.2, 0) is 0 Å². The highest BCUT2D eigenvalue weighted by molar-refractivity contribution is 7.99. The van der Waals surface area contributed by atoms with Gasteiger partial charge >= 0.3 is 0 Å². The first-order valence-electron chi connectivity index (χ1n) is 4.84. The second-order valence-corrected chi connectivity index (χ2v) is 4.18. The maximum Gasteiger partial charge on any atom is 0.195 e. The number of fused-ring (bicyclic) bond motifs is 1. The van der Waals surface area contributed by atoms with E-state index >= 15 is 0 Å². The second kappa shape index (κ2) is 4.46. The van der Waals surface area contributed by atoms with Crippen molar-refractivity contribution < 1.29 is 0 Å². The maximum absolute atomic E-state index is 4.14. The molecule has 0 fully saturated rings. The zero-order valence-corrected chi connectivity index (χ0v) is 9.00. The Labute approximate surface area is 87.5 Å². The van der Waals surface area contributed by atoms with Crippen molar-refractivity contribution in [1.82, 2.24) is 14.6 Å². The van der Waals surface area contributed by atoms with E-state index in [2.05, 4.69) is 17.1 Å². The molecule has 0 aliphatic heterocycles. The molecular formula is C10H13N3S. The van der Waals surface area contributed by atoms with Gasteiger partial charge in [-0.1, -0.05) is 31.2 Å². The Balaban J connectivity index is 2.17. The van der Waals surface area contributed by atoms with Crippen LogP contribution in [-0.4, -0.2) is 20.4 Å². The van der Waals surface area contributed by atoms with Crippen LogP contribution in [0.1, 0.15) is 19.8 Å². The quantitative estimate of drug-likeness (QED) is 0.570. The SMILES string of the molecule is CCCCSc1nnc2ccccn12. The fourth-order valence-corrected chi connectivity index (χ4v) is 2.23. The van der Waals surface area contributed by atoms with Crippen molar-refractivity contribution in [2.75, 3.05) is 5.75 Å². The molecule has 0 saturated carbocycles. The smallest absolute Gasteiger partial charge is 0.195 e. The summed E-state index contributed by atoms with van der Waals surface area (Å²) in [5.41, 5.74) is 0.923. The number of nitrogens with zero attached hydrogens (tertiary/aromatic N) is 3. The van der Waals surface area contributed by atoms with Crippen molar-refractivity contribution in [2.45, 2.75) is 24.9 Å². The summed E-state index contributed by atoms with van der Waals surface area (Å²) in [6.45, 7) is 2.20. The molecule has 14 heavy (non-hydrogen) atoms. The lowest BCUT2D eigenvalue weighted by Crippen LogP contribution is -1.87. The molecule has 2 rings (SSSR count). The summed E-state index contributed by atoms with van der Waals surface area (Å²) in [7, 11) is 0. The molecule has 2 aromatic rings. The number of hydrogen-bond donors (Lipinski definition) is 0. The first kappa shape index (κ1) is 9.52. The molecular weight excluding hydrogens is 194 g/mol. The molecule has 0 radical (unpaired) electrons. The van der Waals surface area contributed by atoms with Gasteiger partial charge in [0.25, 0.3) is 0 Å². The lowest BCUT2D eigenvalue weighted by Gasteiger charge is -1.97. The lowest BCUT2D eigenvalue weighted by molar-refractivity contribution is 0.880. The molecule has 74 valence electrons. The van der Waals surface area contributed by atoms with Crippen molar-refractivity contribution in [1.29, 1.82) is 0 Å². The van der Waals surface area contributed by atoms with E-state index < -0.39 is 0 Å². The summed E-state index contributed by atoms with van der Waals surface area (Å²) in [6, 6.07) is 5.95. The van der Waals surface area contributed by atoms with Gasteiger partial charge < -0.3 is 0 Å². The average molecular weight is 207 g/mol. The first-order chi connectivity index (χ1) is 6.92. The van der Waals surface area contributed by atoms with Gasteiger partial charge in [0.2, 0.25) is 0 Å². The number of pyridine rings is 1. The van der Waals surface area contributed by atoms with Crippen molar-refractivity contribution in [3.63, 3.8) is 0 Å². The van der Waals surface area contributed by atoms with Gasteiger partial charge in [0.15, 0.2) is 10.8 Å². The minimum absolute atomic E-state index is 0.923. The van der Waals surface area contributed by atoms with Crippen LogP contribution >= 0.6 is 11.8 Å². The third-order valence-corrected chi connectivity index (χ3v) is 3.04. The summed E-state index contributed by atoms with van der Waals surface area (Å²) in [4.78, 5) is 0.